The summed E-state index contributed by atoms with van der Waals surface area (Å²) in [7, 11) is -4.51. The summed E-state index contributed by atoms with van der Waals surface area (Å²) in [5, 5.41) is 18.2. The molecule has 3 atom stereocenters. The van der Waals surface area contributed by atoms with Crippen molar-refractivity contribution in [3.63, 3.8) is 0 Å². The Morgan fingerprint density at radius 1 is 0.674 bits per heavy atom. The Hall–Kier alpha value is -1.32. The fourth-order valence-corrected chi connectivity index (χ4v) is 5.28. The van der Waals surface area contributed by atoms with Crippen LogP contribution in [-0.4, -0.2) is 66.3 Å². The van der Waals surface area contributed by atoms with Crippen molar-refractivity contribution in [3.05, 3.63) is 36.5 Å². The minimum atomic E-state index is -4.51. The Morgan fingerprint density at radius 3 is 1.85 bits per heavy atom. The molecule has 0 aromatic heterocycles. The van der Waals surface area contributed by atoms with Gasteiger partial charge in [0.15, 0.2) is 0 Å². The lowest BCUT2D eigenvalue weighted by Crippen LogP contribution is -2.29. The first-order valence-electron chi connectivity index (χ1n) is 18.0. The highest BCUT2D eigenvalue weighted by molar-refractivity contribution is 7.47. The van der Waals surface area contributed by atoms with Gasteiger partial charge >= 0.3 is 13.8 Å². The summed E-state index contributed by atoms with van der Waals surface area (Å²) in [4.78, 5) is 22.4. The zero-order valence-electron chi connectivity index (χ0n) is 29.0. The fourth-order valence-electron chi connectivity index (χ4n) is 4.49. The number of rotatable bonds is 34. The molecule has 9 nitrogen and oxygen atoms in total. The topological polar surface area (TPSA) is 132 Å². The van der Waals surface area contributed by atoms with Crippen molar-refractivity contribution in [2.45, 2.75) is 154 Å². The molecule has 270 valence electrons. The van der Waals surface area contributed by atoms with Gasteiger partial charge in [-0.15, -0.1) is 0 Å². The van der Waals surface area contributed by atoms with Crippen LogP contribution in [0.1, 0.15) is 142 Å². The molecule has 0 saturated heterocycles. The van der Waals surface area contributed by atoms with E-state index < -0.39 is 39.2 Å². The van der Waals surface area contributed by atoms with Crippen molar-refractivity contribution < 1.29 is 43.0 Å². The van der Waals surface area contributed by atoms with E-state index in [4.69, 9.17) is 23.6 Å². The van der Waals surface area contributed by atoms with Crippen LogP contribution < -0.4 is 0 Å². The fraction of sp³-hybridized carbons (Fsp3) is 0.806. The van der Waals surface area contributed by atoms with Gasteiger partial charge in [0.2, 0.25) is 0 Å². The number of aliphatic hydroxyl groups is 2. The second-order valence-corrected chi connectivity index (χ2v) is 13.3. The van der Waals surface area contributed by atoms with Gasteiger partial charge in [0.05, 0.1) is 26.4 Å². The maximum atomic E-state index is 12.5. The predicted molar refractivity (Wildman–Crippen MR) is 187 cm³/mol. The lowest BCUT2D eigenvalue weighted by molar-refractivity contribution is -0.154. The average molecular weight is 675 g/mol. The smallest absolute Gasteiger partial charge is 0.457 e. The van der Waals surface area contributed by atoms with Gasteiger partial charge in [-0.2, -0.15) is 0 Å². The minimum Gasteiger partial charge on any atom is -0.457 e. The van der Waals surface area contributed by atoms with Gasteiger partial charge in [-0.05, 0) is 57.8 Å². The van der Waals surface area contributed by atoms with Crippen LogP contribution in [-0.2, 0) is 27.9 Å². The molecule has 10 heteroatoms. The highest BCUT2D eigenvalue weighted by Gasteiger charge is 2.26. The van der Waals surface area contributed by atoms with Crippen molar-refractivity contribution in [2.24, 2.45) is 0 Å². The zero-order valence-corrected chi connectivity index (χ0v) is 29.9. The Labute approximate surface area is 280 Å². The summed E-state index contributed by atoms with van der Waals surface area (Å²) in [6.45, 7) is 3.36. The molecule has 0 bridgehead atoms. The number of hydrogen-bond acceptors (Lipinski definition) is 8. The molecule has 0 aliphatic carbocycles. The summed E-state index contributed by atoms with van der Waals surface area (Å²) in [5.74, 6) is -0.402. The van der Waals surface area contributed by atoms with Crippen molar-refractivity contribution in [3.8, 4) is 0 Å². The molecule has 46 heavy (non-hydrogen) atoms. The Morgan fingerprint density at radius 2 is 1.22 bits per heavy atom. The van der Waals surface area contributed by atoms with Crippen molar-refractivity contribution in [2.75, 3.05) is 33.0 Å². The van der Waals surface area contributed by atoms with Crippen molar-refractivity contribution in [1.29, 1.82) is 0 Å². The van der Waals surface area contributed by atoms with Gasteiger partial charge in [0.1, 0.15) is 12.2 Å². The van der Waals surface area contributed by atoms with Gasteiger partial charge in [-0.3, -0.25) is 13.8 Å². The molecule has 0 aromatic carbocycles. The lowest BCUT2D eigenvalue weighted by Gasteiger charge is -2.20. The third kappa shape index (κ3) is 32.6. The third-order valence-electron chi connectivity index (χ3n) is 7.28. The van der Waals surface area contributed by atoms with Crippen LogP contribution in [0.25, 0.3) is 0 Å². The van der Waals surface area contributed by atoms with E-state index in [0.717, 1.165) is 77.0 Å². The number of carbonyl (C=O) groups excluding carboxylic acids is 1. The van der Waals surface area contributed by atoms with Crippen LogP contribution in [0.5, 0.6) is 0 Å². The lowest BCUT2D eigenvalue weighted by atomic mass is 10.1. The normalized spacial score (nSPS) is 14.8. The number of unbranched alkanes of at least 4 members (excludes halogenated alkanes) is 14. The molecule has 0 amide bonds. The van der Waals surface area contributed by atoms with E-state index in [1.807, 2.05) is 0 Å². The molecular formula is C36H67O9P. The standard InChI is InChI=1S/C36H67O9P/c1-3-5-7-9-11-13-15-16-17-18-20-22-24-26-28-36(39)45-35(33-44-46(40,41)43-31-34(38)30-37)32-42-29-27-25-23-21-19-14-12-10-8-6-4-2/h8-11,15-16,34-35,37-38H,3-7,12-14,17-33H2,1-2H3,(H,40,41)/b10-8-,11-9-,16-15-. The summed E-state index contributed by atoms with van der Waals surface area (Å²) >= 11 is 0. The zero-order chi connectivity index (χ0) is 34.0. The molecular weight excluding hydrogens is 607 g/mol. The number of phosphoric ester groups is 1. The molecule has 0 fully saturated rings. The third-order valence-corrected chi connectivity index (χ3v) is 8.23. The van der Waals surface area contributed by atoms with E-state index in [9.17, 15) is 19.4 Å². The Bertz CT molecular complexity index is 815. The summed E-state index contributed by atoms with van der Waals surface area (Å²) in [6, 6.07) is 0. The SMILES string of the molecule is CCC/C=C\CCCCCCCCOCC(COP(=O)(O)OCC(O)CO)OC(=O)CCCCCCC/C=C\C/C=C\CCCC. The van der Waals surface area contributed by atoms with Crippen LogP contribution in [0.3, 0.4) is 0 Å². The maximum absolute atomic E-state index is 12.5. The number of aliphatic hydroxyl groups excluding tert-OH is 2. The summed E-state index contributed by atoms with van der Waals surface area (Å²) in [5.41, 5.74) is 0. The summed E-state index contributed by atoms with van der Waals surface area (Å²) in [6.07, 6.45) is 32.4. The average Bonchev–Trinajstić information content (AvgIpc) is 3.04. The van der Waals surface area contributed by atoms with Gasteiger partial charge in [0.25, 0.3) is 0 Å². The quantitative estimate of drug-likeness (QED) is 0.0265. The van der Waals surface area contributed by atoms with E-state index >= 15 is 0 Å². The maximum Gasteiger partial charge on any atom is 0.472 e. The molecule has 0 saturated carbocycles. The van der Waals surface area contributed by atoms with Gasteiger partial charge in [-0.1, -0.05) is 115 Å². The Balaban J connectivity index is 4.30. The van der Waals surface area contributed by atoms with Gasteiger partial charge in [0, 0.05) is 13.0 Å². The van der Waals surface area contributed by atoms with Crippen LogP contribution >= 0.6 is 7.82 Å². The van der Waals surface area contributed by atoms with Gasteiger partial charge in [-0.25, -0.2) is 4.57 Å². The predicted octanol–water partition coefficient (Wildman–Crippen LogP) is 8.91. The van der Waals surface area contributed by atoms with E-state index in [2.05, 4.69) is 50.3 Å². The van der Waals surface area contributed by atoms with Gasteiger partial charge < -0.3 is 24.6 Å². The highest BCUT2D eigenvalue weighted by atomic mass is 31.2. The number of phosphoric acid groups is 1. The molecule has 0 rings (SSSR count). The molecule has 0 spiro atoms. The number of allylic oxidation sites excluding steroid dienone is 6. The van der Waals surface area contributed by atoms with Crippen LogP contribution in [0.2, 0.25) is 0 Å². The largest absolute Gasteiger partial charge is 0.472 e. The van der Waals surface area contributed by atoms with E-state index in [-0.39, 0.29) is 19.6 Å². The van der Waals surface area contributed by atoms with E-state index in [0.29, 0.717) is 13.0 Å². The molecule has 0 aliphatic rings. The Kier molecular flexibility index (Phi) is 32.6. The summed E-state index contributed by atoms with van der Waals surface area (Å²) < 4.78 is 33.1. The first-order chi connectivity index (χ1) is 22.3. The molecule has 0 radical (unpaired) electrons. The van der Waals surface area contributed by atoms with Crippen LogP contribution in [0, 0.1) is 0 Å². The minimum absolute atomic E-state index is 0.0388. The number of hydrogen-bond donors (Lipinski definition) is 3. The number of carbonyl (C=O) groups is 1. The molecule has 3 unspecified atom stereocenters. The van der Waals surface area contributed by atoms with Crippen molar-refractivity contribution in [1.82, 2.24) is 0 Å². The number of ether oxygens (including phenoxy) is 2. The van der Waals surface area contributed by atoms with Crippen molar-refractivity contribution >= 4 is 13.8 Å². The molecule has 3 N–H and O–H groups in total. The van der Waals surface area contributed by atoms with E-state index in [1.54, 1.807) is 0 Å². The van der Waals surface area contributed by atoms with Crippen LogP contribution in [0.4, 0.5) is 0 Å². The molecule has 0 aliphatic heterocycles. The van der Waals surface area contributed by atoms with E-state index in [1.165, 1.54) is 38.5 Å². The monoisotopic (exact) mass is 674 g/mol. The highest BCUT2D eigenvalue weighted by Crippen LogP contribution is 2.43. The second kappa shape index (κ2) is 33.6. The number of esters is 1. The van der Waals surface area contributed by atoms with Crippen LogP contribution in [0.15, 0.2) is 36.5 Å². The molecule has 0 heterocycles. The second-order valence-electron chi connectivity index (χ2n) is 11.9. The first kappa shape index (κ1) is 44.7. The first-order valence-corrected chi connectivity index (χ1v) is 19.5. The molecule has 0 aromatic rings.